The predicted molar refractivity (Wildman–Crippen MR) is 96.1 cm³/mol. The van der Waals surface area contributed by atoms with Gasteiger partial charge in [-0.3, -0.25) is 5.10 Å². The number of halogens is 1. The highest BCUT2D eigenvalue weighted by Crippen LogP contribution is 2.38. The summed E-state index contributed by atoms with van der Waals surface area (Å²) in [7, 11) is 0. The molecule has 1 saturated carbocycles. The van der Waals surface area contributed by atoms with Crippen LogP contribution in [0.2, 0.25) is 0 Å². The Labute approximate surface area is 149 Å². The number of amides is 2. The monoisotopic (exact) mass is 351 g/mol. The summed E-state index contributed by atoms with van der Waals surface area (Å²) in [6.07, 6.45) is 2.34. The van der Waals surface area contributed by atoms with E-state index in [1.165, 1.54) is 25.0 Å². The summed E-state index contributed by atoms with van der Waals surface area (Å²) in [5, 5.41) is 12.7. The fourth-order valence-electron chi connectivity index (χ4n) is 2.65. The minimum absolute atomic E-state index is 0.253. The molecule has 0 spiro atoms. The highest BCUT2D eigenvalue weighted by atomic mass is 19.1. The first-order valence-corrected chi connectivity index (χ1v) is 8.49. The van der Waals surface area contributed by atoms with Crippen molar-refractivity contribution >= 4 is 11.7 Å². The smallest absolute Gasteiger partial charge is 0.319 e. The lowest BCUT2D eigenvalue weighted by Crippen LogP contribution is -2.28. The van der Waals surface area contributed by atoms with Gasteiger partial charge in [0.1, 0.15) is 11.6 Å². The van der Waals surface area contributed by atoms with Crippen LogP contribution in [0.3, 0.4) is 0 Å². The normalized spacial score (nSPS) is 13.4. The molecule has 4 rings (SSSR count). The summed E-state index contributed by atoms with van der Waals surface area (Å²) in [6, 6.07) is 13.1. The molecule has 0 aliphatic heterocycles. The van der Waals surface area contributed by atoms with Crippen molar-refractivity contribution in [3.05, 3.63) is 65.7 Å². The summed E-state index contributed by atoms with van der Waals surface area (Å²) in [4.78, 5) is 16.5. The molecule has 1 heterocycles. The van der Waals surface area contributed by atoms with Crippen molar-refractivity contribution in [1.29, 1.82) is 0 Å². The summed E-state index contributed by atoms with van der Waals surface area (Å²) in [5.74, 6) is 1.81. The molecule has 0 bridgehead atoms. The molecule has 1 fully saturated rings. The Balaban J connectivity index is 1.33. The number of hydrogen-bond acceptors (Lipinski definition) is 3. The third-order valence-corrected chi connectivity index (χ3v) is 4.21. The average molecular weight is 351 g/mol. The van der Waals surface area contributed by atoms with Crippen LogP contribution in [0.1, 0.15) is 30.1 Å². The number of benzene rings is 2. The SMILES string of the molecule is O=C(NCc1cccc(F)c1)Nc1ccc(-c2n[nH]c(C3CC3)n2)cc1. The van der Waals surface area contributed by atoms with E-state index in [1.54, 1.807) is 24.3 Å². The molecule has 0 saturated heterocycles. The highest BCUT2D eigenvalue weighted by molar-refractivity contribution is 5.89. The molecule has 26 heavy (non-hydrogen) atoms. The zero-order valence-corrected chi connectivity index (χ0v) is 14.0. The Kier molecular flexibility index (Phi) is 4.35. The van der Waals surface area contributed by atoms with Crippen molar-refractivity contribution in [3.8, 4) is 11.4 Å². The summed E-state index contributed by atoms with van der Waals surface area (Å²) in [6.45, 7) is 0.253. The number of carbonyl (C=O) groups excluding carboxylic acids is 1. The number of rotatable bonds is 5. The lowest BCUT2D eigenvalue weighted by molar-refractivity contribution is 0.251. The maximum atomic E-state index is 13.1. The number of H-pyrrole nitrogens is 1. The van der Waals surface area contributed by atoms with Gasteiger partial charge in [0.05, 0.1) is 0 Å². The van der Waals surface area contributed by atoms with Crippen LogP contribution in [0.25, 0.3) is 11.4 Å². The summed E-state index contributed by atoms with van der Waals surface area (Å²) in [5.41, 5.74) is 2.24. The van der Waals surface area contributed by atoms with Crippen LogP contribution in [0.15, 0.2) is 48.5 Å². The largest absolute Gasteiger partial charge is 0.334 e. The maximum Gasteiger partial charge on any atom is 0.319 e. The van der Waals surface area contributed by atoms with Gasteiger partial charge in [0, 0.05) is 23.7 Å². The molecule has 7 heteroatoms. The number of nitrogens with one attached hydrogen (secondary N) is 3. The molecule has 6 nitrogen and oxygen atoms in total. The third kappa shape index (κ3) is 3.88. The fourth-order valence-corrected chi connectivity index (χ4v) is 2.65. The Bertz CT molecular complexity index is 918. The first-order chi connectivity index (χ1) is 12.7. The van der Waals surface area contributed by atoms with E-state index in [2.05, 4.69) is 25.8 Å². The molecule has 1 aliphatic carbocycles. The quantitative estimate of drug-likeness (QED) is 0.654. The van der Waals surface area contributed by atoms with Crippen LogP contribution in [0.4, 0.5) is 14.9 Å². The van der Waals surface area contributed by atoms with Gasteiger partial charge in [0.2, 0.25) is 0 Å². The van der Waals surface area contributed by atoms with Crippen molar-refractivity contribution in [3.63, 3.8) is 0 Å². The van der Waals surface area contributed by atoms with E-state index >= 15 is 0 Å². The van der Waals surface area contributed by atoms with Crippen LogP contribution < -0.4 is 10.6 Å². The lowest BCUT2D eigenvalue weighted by Gasteiger charge is -2.08. The van der Waals surface area contributed by atoms with Crippen molar-refractivity contribution in [2.45, 2.75) is 25.3 Å². The van der Waals surface area contributed by atoms with Gasteiger partial charge in [0.25, 0.3) is 0 Å². The molecule has 3 aromatic rings. The average Bonchev–Trinajstić information content (AvgIpc) is 3.38. The van der Waals surface area contributed by atoms with E-state index in [9.17, 15) is 9.18 Å². The molecule has 0 atom stereocenters. The molecular weight excluding hydrogens is 333 g/mol. The summed E-state index contributed by atoms with van der Waals surface area (Å²) >= 11 is 0. The molecule has 132 valence electrons. The van der Waals surface area contributed by atoms with E-state index < -0.39 is 0 Å². The topological polar surface area (TPSA) is 82.7 Å². The van der Waals surface area contributed by atoms with Crippen LogP contribution in [0.5, 0.6) is 0 Å². The van der Waals surface area contributed by atoms with E-state index in [0.717, 1.165) is 11.4 Å². The van der Waals surface area contributed by atoms with Gasteiger partial charge >= 0.3 is 6.03 Å². The van der Waals surface area contributed by atoms with Gasteiger partial charge < -0.3 is 10.6 Å². The Morgan fingerprint density at radius 2 is 2.00 bits per heavy atom. The van der Waals surface area contributed by atoms with E-state index in [4.69, 9.17) is 0 Å². The van der Waals surface area contributed by atoms with Crippen LogP contribution in [-0.2, 0) is 6.54 Å². The molecule has 2 aromatic carbocycles. The van der Waals surface area contributed by atoms with Gasteiger partial charge in [-0.05, 0) is 54.8 Å². The molecule has 0 radical (unpaired) electrons. The van der Waals surface area contributed by atoms with E-state index in [0.29, 0.717) is 23.0 Å². The number of hydrogen-bond donors (Lipinski definition) is 3. The standard InChI is InChI=1S/C19H18FN5O/c20-15-3-1-2-12(10-15)11-21-19(26)22-16-8-6-14(7-9-16)18-23-17(24-25-18)13-4-5-13/h1-3,6-10,13H,4-5,11H2,(H2,21,22,26)(H,23,24,25). The minimum Gasteiger partial charge on any atom is -0.334 e. The van der Waals surface area contributed by atoms with Crippen molar-refractivity contribution < 1.29 is 9.18 Å². The first kappa shape index (κ1) is 16.3. The van der Waals surface area contributed by atoms with Crippen LogP contribution in [0, 0.1) is 5.82 Å². The molecule has 0 unspecified atom stereocenters. The van der Waals surface area contributed by atoms with Crippen LogP contribution >= 0.6 is 0 Å². The first-order valence-electron chi connectivity index (χ1n) is 8.49. The Hall–Kier alpha value is -3.22. The number of nitrogens with zero attached hydrogens (tertiary/aromatic N) is 2. The third-order valence-electron chi connectivity index (χ3n) is 4.21. The zero-order chi connectivity index (χ0) is 17.9. The van der Waals surface area contributed by atoms with Gasteiger partial charge in [-0.1, -0.05) is 12.1 Å². The summed E-state index contributed by atoms with van der Waals surface area (Å²) < 4.78 is 13.1. The van der Waals surface area contributed by atoms with Crippen molar-refractivity contribution in [2.75, 3.05) is 5.32 Å². The molecular formula is C19H18FN5O. The van der Waals surface area contributed by atoms with Gasteiger partial charge in [0.15, 0.2) is 5.82 Å². The second kappa shape index (κ2) is 6.95. The molecule has 3 N–H and O–H groups in total. The molecule has 1 aliphatic rings. The Morgan fingerprint density at radius 3 is 2.73 bits per heavy atom. The highest BCUT2D eigenvalue weighted by Gasteiger charge is 2.27. The molecule has 1 aromatic heterocycles. The van der Waals surface area contributed by atoms with E-state index in [1.807, 2.05) is 12.1 Å². The Morgan fingerprint density at radius 1 is 1.19 bits per heavy atom. The van der Waals surface area contributed by atoms with Gasteiger partial charge in [-0.2, -0.15) is 5.10 Å². The number of aromatic amines is 1. The predicted octanol–water partition coefficient (Wildman–Crippen LogP) is 3.81. The second-order valence-corrected chi connectivity index (χ2v) is 6.33. The zero-order valence-electron chi connectivity index (χ0n) is 14.0. The van der Waals surface area contributed by atoms with Crippen LogP contribution in [-0.4, -0.2) is 21.2 Å². The number of anilines is 1. The maximum absolute atomic E-state index is 13.1. The van der Waals surface area contributed by atoms with Crippen molar-refractivity contribution in [1.82, 2.24) is 20.5 Å². The fraction of sp³-hybridized carbons (Fsp3) is 0.211. The lowest BCUT2D eigenvalue weighted by atomic mass is 10.2. The van der Waals surface area contributed by atoms with Gasteiger partial charge in [-0.15, -0.1) is 0 Å². The number of urea groups is 1. The van der Waals surface area contributed by atoms with E-state index in [-0.39, 0.29) is 18.4 Å². The molecule has 2 amide bonds. The number of carbonyl (C=O) groups is 1. The minimum atomic E-state index is -0.351. The number of aromatic nitrogens is 3. The van der Waals surface area contributed by atoms with Gasteiger partial charge in [-0.25, -0.2) is 14.2 Å². The second-order valence-electron chi connectivity index (χ2n) is 6.33. The van der Waals surface area contributed by atoms with Crippen molar-refractivity contribution in [2.24, 2.45) is 0 Å².